The number of nitrogens with one attached hydrogen (secondary N) is 1. The standard InChI is InChI=1S/C17H19N3O3S2/c1-10-5-6-11-12(8-10)25-17(15(11)16(18)22)19-13(21)9-24-14-4-2-3-7-20(14)23/h2-4,7,10H,5-6,8-9H2,1H3,(H2,18,22)(H,19,21)/t10-/m0/s1. The van der Waals surface area contributed by atoms with Crippen molar-refractivity contribution in [2.75, 3.05) is 11.1 Å². The van der Waals surface area contributed by atoms with Gasteiger partial charge in [0.1, 0.15) is 5.00 Å². The summed E-state index contributed by atoms with van der Waals surface area (Å²) in [6, 6.07) is 5.03. The molecule has 0 unspecified atom stereocenters. The summed E-state index contributed by atoms with van der Waals surface area (Å²) in [5, 5.41) is 15.4. The summed E-state index contributed by atoms with van der Waals surface area (Å²) >= 11 is 2.59. The molecule has 1 aliphatic carbocycles. The number of aromatic nitrogens is 1. The number of carbonyl (C=O) groups is 2. The first-order chi connectivity index (χ1) is 12.0. The topological polar surface area (TPSA) is 99.1 Å². The largest absolute Gasteiger partial charge is 0.618 e. The van der Waals surface area contributed by atoms with E-state index in [-0.39, 0.29) is 11.7 Å². The minimum absolute atomic E-state index is 0.0867. The number of anilines is 1. The van der Waals surface area contributed by atoms with Gasteiger partial charge in [0.25, 0.3) is 10.9 Å². The number of carbonyl (C=O) groups excluding carboxylic acids is 2. The van der Waals surface area contributed by atoms with E-state index >= 15 is 0 Å². The highest BCUT2D eigenvalue weighted by atomic mass is 32.2. The van der Waals surface area contributed by atoms with Crippen molar-refractivity contribution in [3.8, 4) is 0 Å². The number of thiophene rings is 1. The predicted molar refractivity (Wildman–Crippen MR) is 98.8 cm³/mol. The molecule has 2 aromatic rings. The van der Waals surface area contributed by atoms with Crippen LogP contribution in [0.2, 0.25) is 0 Å². The first-order valence-electron chi connectivity index (χ1n) is 8.01. The van der Waals surface area contributed by atoms with Crippen LogP contribution >= 0.6 is 23.1 Å². The van der Waals surface area contributed by atoms with E-state index in [1.807, 2.05) is 0 Å². The number of fused-ring (bicyclic) bond motifs is 1. The number of nitrogens with zero attached hydrogens (tertiary/aromatic N) is 1. The number of primary amides is 1. The Hall–Kier alpha value is -2.06. The van der Waals surface area contributed by atoms with Gasteiger partial charge in [0.05, 0.1) is 11.3 Å². The Morgan fingerprint density at radius 1 is 1.48 bits per heavy atom. The minimum atomic E-state index is -0.504. The minimum Gasteiger partial charge on any atom is -0.618 e. The van der Waals surface area contributed by atoms with E-state index in [0.717, 1.165) is 46.2 Å². The van der Waals surface area contributed by atoms with E-state index in [1.54, 1.807) is 18.2 Å². The SMILES string of the molecule is C[C@H]1CCc2c(sc(NC(=O)CSc3cccc[n+]3[O-])c2C(N)=O)C1. The fraction of sp³-hybridized carbons (Fsp3) is 0.353. The number of hydrogen-bond acceptors (Lipinski definition) is 5. The monoisotopic (exact) mass is 377 g/mol. The summed E-state index contributed by atoms with van der Waals surface area (Å²) < 4.78 is 0.720. The van der Waals surface area contributed by atoms with Crippen LogP contribution < -0.4 is 15.8 Å². The summed E-state index contributed by atoms with van der Waals surface area (Å²) in [6.45, 7) is 2.18. The highest BCUT2D eigenvalue weighted by Gasteiger charge is 2.27. The Morgan fingerprint density at radius 2 is 2.28 bits per heavy atom. The van der Waals surface area contributed by atoms with E-state index in [2.05, 4.69) is 12.2 Å². The lowest BCUT2D eigenvalue weighted by molar-refractivity contribution is -0.645. The van der Waals surface area contributed by atoms with Gasteiger partial charge in [0.2, 0.25) is 5.91 Å². The van der Waals surface area contributed by atoms with Crippen LogP contribution in [-0.2, 0) is 17.6 Å². The molecule has 1 atom stereocenters. The van der Waals surface area contributed by atoms with Gasteiger partial charge in [0.15, 0.2) is 6.20 Å². The van der Waals surface area contributed by atoms with Gasteiger partial charge >= 0.3 is 0 Å². The third kappa shape index (κ3) is 3.96. The van der Waals surface area contributed by atoms with Crippen LogP contribution in [0.15, 0.2) is 29.4 Å². The van der Waals surface area contributed by atoms with Crippen molar-refractivity contribution in [3.63, 3.8) is 0 Å². The van der Waals surface area contributed by atoms with Gasteiger partial charge in [-0.2, -0.15) is 4.73 Å². The van der Waals surface area contributed by atoms with Crippen LogP contribution in [-0.4, -0.2) is 17.6 Å². The van der Waals surface area contributed by atoms with Gasteiger partial charge < -0.3 is 16.3 Å². The molecule has 132 valence electrons. The van der Waals surface area contributed by atoms with Gasteiger partial charge in [-0.25, -0.2) is 0 Å². The highest BCUT2D eigenvalue weighted by Crippen LogP contribution is 2.39. The van der Waals surface area contributed by atoms with Crippen LogP contribution in [0.1, 0.15) is 34.1 Å². The first kappa shape index (κ1) is 17.8. The second kappa shape index (κ2) is 7.45. The lowest BCUT2D eigenvalue weighted by atomic mass is 9.88. The molecule has 3 rings (SSSR count). The number of thioether (sulfide) groups is 1. The molecule has 0 saturated carbocycles. The van der Waals surface area contributed by atoms with Gasteiger partial charge in [-0.05, 0) is 48.6 Å². The number of hydrogen-bond donors (Lipinski definition) is 2. The van der Waals surface area contributed by atoms with Crippen LogP contribution in [0.25, 0.3) is 0 Å². The molecule has 2 heterocycles. The van der Waals surface area contributed by atoms with Crippen molar-refractivity contribution < 1.29 is 14.3 Å². The van der Waals surface area contributed by atoms with Gasteiger partial charge in [-0.3, -0.25) is 9.59 Å². The Balaban J connectivity index is 1.73. The van der Waals surface area contributed by atoms with Gasteiger partial charge in [-0.1, -0.05) is 6.92 Å². The molecule has 3 N–H and O–H groups in total. The molecule has 1 aliphatic rings. The zero-order valence-corrected chi connectivity index (χ0v) is 15.4. The Kier molecular flexibility index (Phi) is 5.29. The molecule has 0 bridgehead atoms. The molecule has 0 radical (unpaired) electrons. The van der Waals surface area contributed by atoms with Gasteiger partial charge in [-0.15, -0.1) is 11.3 Å². The lowest BCUT2D eigenvalue weighted by Crippen LogP contribution is -2.28. The molecular formula is C17H19N3O3S2. The zero-order chi connectivity index (χ0) is 18.0. The lowest BCUT2D eigenvalue weighted by Gasteiger charge is -2.18. The fourth-order valence-electron chi connectivity index (χ4n) is 2.93. The average Bonchev–Trinajstić information content (AvgIpc) is 2.91. The van der Waals surface area contributed by atoms with E-state index in [0.29, 0.717) is 21.5 Å². The maximum Gasteiger partial charge on any atom is 0.251 e. The van der Waals surface area contributed by atoms with Crippen molar-refractivity contribution >= 4 is 39.9 Å². The molecule has 0 fully saturated rings. The third-order valence-electron chi connectivity index (χ3n) is 4.15. The van der Waals surface area contributed by atoms with Crippen molar-refractivity contribution in [3.05, 3.63) is 45.6 Å². The van der Waals surface area contributed by atoms with E-state index < -0.39 is 5.91 Å². The molecule has 8 heteroatoms. The number of amides is 2. The Morgan fingerprint density at radius 3 is 3.00 bits per heavy atom. The average molecular weight is 377 g/mol. The van der Waals surface area contributed by atoms with Crippen molar-refractivity contribution in [1.82, 2.24) is 0 Å². The normalized spacial score (nSPS) is 16.3. The van der Waals surface area contributed by atoms with Crippen LogP contribution in [0, 0.1) is 11.1 Å². The highest BCUT2D eigenvalue weighted by molar-refractivity contribution is 7.99. The van der Waals surface area contributed by atoms with E-state index in [4.69, 9.17) is 5.73 Å². The second-order valence-corrected chi connectivity index (χ2v) is 8.22. The van der Waals surface area contributed by atoms with Gasteiger partial charge in [0, 0.05) is 17.0 Å². The molecule has 0 spiro atoms. The molecule has 2 aromatic heterocycles. The summed E-state index contributed by atoms with van der Waals surface area (Å²) in [5.41, 5.74) is 6.98. The molecule has 0 aromatic carbocycles. The Labute approximate surface area is 154 Å². The first-order valence-corrected chi connectivity index (χ1v) is 9.81. The van der Waals surface area contributed by atoms with Crippen LogP contribution in [0.3, 0.4) is 0 Å². The van der Waals surface area contributed by atoms with Crippen LogP contribution in [0.4, 0.5) is 5.00 Å². The summed E-state index contributed by atoms with van der Waals surface area (Å²) in [5.74, 6) is -0.112. The molecule has 6 nitrogen and oxygen atoms in total. The maximum atomic E-state index is 12.3. The second-order valence-electron chi connectivity index (χ2n) is 6.12. The molecule has 0 aliphatic heterocycles. The summed E-state index contributed by atoms with van der Waals surface area (Å²) in [7, 11) is 0. The number of pyridine rings is 1. The maximum absolute atomic E-state index is 12.3. The number of rotatable bonds is 5. The quantitative estimate of drug-likeness (QED) is 0.474. The molecule has 0 saturated heterocycles. The number of nitrogens with two attached hydrogens (primary N) is 1. The smallest absolute Gasteiger partial charge is 0.251 e. The summed E-state index contributed by atoms with van der Waals surface area (Å²) in [4.78, 5) is 25.3. The zero-order valence-electron chi connectivity index (χ0n) is 13.8. The summed E-state index contributed by atoms with van der Waals surface area (Å²) in [6.07, 6.45) is 4.13. The predicted octanol–water partition coefficient (Wildman–Crippen LogP) is 2.34. The fourth-order valence-corrected chi connectivity index (χ4v) is 5.07. The molecule has 25 heavy (non-hydrogen) atoms. The van der Waals surface area contributed by atoms with Crippen LogP contribution in [0.5, 0.6) is 0 Å². The van der Waals surface area contributed by atoms with E-state index in [9.17, 15) is 14.8 Å². The molecule has 2 amide bonds. The molecular weight excluding hydrogens is 358 g/mol. The van der Waals surface area contributed by atoms with Crippen molar-refractivity contribution in [1.29, 1.82) is 0 Å². The van der Waals surface area contributed by atoms with Crippen molar-refractivity contribution in [2.24, 2.45) is 11.7 Å². The third-order valence-corrected chi connectivity index (χ3v) is 6.34. The van der Waals surface area contributed by atoms with E-state index in [1.165, 1.54) is 17.5 Å². The van der Waals surface area contributed by atoms with Crippen molar-refractivity contribution in [2.45, 2.75) is 31.2 Å². The Bertz CT molecular complexity index is 819.